The van der Waals surface area contributed by atoms with Crippen molar-refractivity contribution in [2.24, 2.45) is 0 Å². The van der Waals surface area contributed by atoms with E-state index < -0.39 is 16.0 Å². The van der Waals surface area contributed by atoms with Gasteiger partial charge in [0.15, 0.2) is 5.69 Å². The summed E-state index contributed by atoms with van der Waals surface area (Å²) < 4.78 is 33.6. The Morgan fingerprint density at radius 1 is 1.24 bits per heavy atom. The van der Waals surface area contributed by atoms with E-state index in [-0.39, 0.29) is 27.9 Å². The third-order valence-electron chi connectivity index (χ3n) is 5.42. The van der Waals surface area contributed by atoms with E-state index in [1.807, 2.05) is 6.07 Å². The largest absolute Gasteiger partial charge is 0.464 e. The molecule has 1 fully saturated rings. The normalized spacial score (nSPS) is 15.2. The Labute approximate surface area is 170 Å². The number of rotatable bonds is 5. The number of nitrogens with zero attached hydrogens (tertiary/aromatic N) is 3. The predicted octanol–water partition coefficient (Wildman–Crippen LogP) is 2.67. The number of anilines is 1. The Morgan fingerprint density at radius 2 is 1.86 bits per heavy atom. The number of nitrogen functional groups attached to an aromatic ring is 1. The lowest BCUT2D eigenvalue weighted by molar-refractivity contribution is 0.0593. The zero-order chi connectivity index (χ0) is 21.2. The minimum atomic E-state index is -3.62. The third-order valence-corrected chi connectivity index (χ3v) is 7.35. The molecule has 1 heterocycles. The minimum Gasteiger partial charge on any atom is -0.464 e. The Hall–Kier alpha value is -2.83. The van der Waals surface area contributed by atoms with Gasteiger partial charge in [0.1, 0.15) is 6.07 Å². The molecule has 1 aliphatic carbocycles. The average Bonchev–Trinajstić information content (AvgIpc) is 3.09. The SMILES string of the molecule is COC(=O)c1c(N)c(C#N)cn1-c1ccc(S(=O)(=O)N(C)C2CCCCC2)cc1. The summed E-state index contributed by atoms with van der Waals surface area (Å²) in [5, 5.41) is 9.21. The van der Waals surface area contributed by atoms with E-state index in [9.17, 15) is 18.5 Å². The first-order valence-electron chi connectivity index (χ1n) is 9.39. The van der Waals surface area contributed by atoms with E-state index in [4.69, 9.17) is 10.5 Å². The number of hydrogen-bond acceptors (Lipinski definition) is 6. The van der Waals surface area contributed by atoms with Crippen molar-refractivity contribution in [3.8, 4) is 11.8 Å². The molecule has 1 aromatic heterocycles. The molecule has 1 aromatic carbocycles. The van der Waals surface area contributed by atoms with Gasteiger partial charge in [0, 0.05) is 25.0 Å². The maximum atomic E-state index is 13.0. The smallest absolute Gasteiger partial charge is 0.357 e. The summed E-state index contributed by atoms with van der Waals surface area (Å²) >= 11 is 0. The van der Waals surface area contributed by atoms with Gasteiger partial charge < -0.3 is 15.0 Å². The standard InChI is InChI=1S/C20H24N4O4S/c1-23(15-6-4-3-5-7-15)29(26,27)17-10-8-16(9-11-17)24-13-14(12-21)18(22)19(24)20(25)28-2/h8-11,13,15H,3-7,22H2,1-2H3. The highest BCUT2D eigenvalue weighted by molar-refractivity contribution is 7.89. The second-order valence-corrected chi connectivity index (χ2v) is 9.08. The number of hydrogen-bond donors (Lipinski definition) is 1. The molecule has 1 saturated carbocycles. The van der Waals surface area contributed by atoms with Crippen LogP contribution in [0.3, 0.4) is 0 Å². The summed E-state index contributed by atoms with van der Waals surface area (Å²) in [5.74, 6) is -0.683. The van der Waals surface area contributed by atoms with Gasteiger partial charge in [-0.25, -0.2) is 13.2 Å². The fourth-order valence-electron chi connectivity index (χ4n) is 3.70. The van der Waals surface area contributed by atoms with Gasteiger partial charge in [-0.05, 0) is 37.1 Å². The number of carbonyl (C=O) groups excluding carboxylic acids is 1. The topological polar surface area (TPSA) is 118 Å². The van der Waals surface area contributed by atoms with E-state index in [1.54, 1.807) is 19.2 Å². The highest BCUT2D eigenvalue weighted by Gasteiger charge is 2.29. The number of aromatic nitrogens is 1. The molecule has 0 saturated heterocycles. The van der Waals surface area contributed by atoms with Crippen LogP contribution in [0.1, 0.15) is 48.2 Å². The summed E-state index contributed by atoms with van der Waals surface area (Å²) in [5.41, 5.74) is 6.59. The first-order chi connectivity index (χ1) is 13.8. The van der Waals surface area contributed by atoms with Gasteiger partial charge in [-0.3, -0.25) is 0 Å². The molecular formula is C20H24N4O4S. The van der Waals surface area contributed by atoms with Crippen molar-refractivity contribution in [2.45, 2.75) is 43.0 Å². The van der Waals surface area contributed by atoms with Crippen LogP contribution in [0.4, 0.5) is 5.69 Å². The summed E-state index contributed by atoms with van der Waals surface area (Å²) in [4.78, 5) is 12.3. The van der Waals surface area contributed by atoms with Crippen LogP contribution in [0.15, 0.2) is 35.4 Å². The molecule has 0 unspecified atom stereocenters. The first-order valence-corrected chi connectivity index (χ1v) is 10.8. The van der Waals surface area contributed by atoms with Gasteiger partial charge in [-0.2, -0.15) is 9.57 Å². The van der Waals surface area contributed by atoms with E-state index in [2.05, 4.69) is 0 Å². The molecule has 9 heteroatoms. The fourth-order valence-corrected chi connectivity index (χ4v) is 5.12. The maximum absolute atomic E-state index is 13.0. The molecule has 154 valence electrons. The van der Waals surface area contributed by atoms with E-state index >= 15 is 0 Å². The van der Waals surface area contributed by atoms with Crippen LogP contribution >= 0.6 is 0 Å². The van der Waals surface area contributed by atoms with E-state index in [0.29, 0.717) is 5.69 Å². The van der Waals surface area contributed by atoms with Crippen molar-refractivity contribution >= 4 is 21.7 Å². The molecule has 2 aromatic rings. The lowest BCUT2D eigenvalue weighted by Gasteiger charge is -2.30. The molecule has 2 N–H and O–H groups in total. The molecule has 8 nitrogen and oxygen atoms in total. The van der Waals surface area contributed by atoms with Crippen molar-refractivity contribution < 1.29 is 17.9 Å². The number of ether oxygens (including phenoxy) is 1. The molecule has 0 atom stereocenters. The molecule has 0 bridgehead atoms. The molecule has 0 amide bonds. The molecular weight excluding hydrogens is 392 g/mol. The maximum Gasteiger partial charge on any atom is 0.357 e. The van der Waals surface area contributed by atoms with Crippen LogP contribution in [0.2, 0.25) is 0 Å². The van der Waals surface area contributed by atoms with Gasteiger partial charge >= 0.3 is 5.97 Å². The summed E-state index contributed by atoms with van der Waals surface area (Å²) in [6, 6.07) is 8.09. The molecule has 3 rings (SSSR count). The summed E-state index contributed by atoms with van der Waals surface area (Å²) in [6.07, 6.45) is 6.39. The second kappa shape index (κ2) is 8.27. The number of methoxy groups -OCH3 is 1. The highest BCUT2D eigenvalue weighted by Crippen LogP contribution is 2.28. The highest BCUT2D eigenvalue weighted by atomic mass is 32.2. The lowest BCUT2D eigenvalue weighted by Crippen LogP contribution is -2.38. The third kappa shape index (κ3) is 3.86. The minimum absolute atomic E-state index is 0.0155. The van der Waals surface area contributed by atoms with Crippen LogP contribution < -0.4 is 5.73 Å². The van der Waals surface area contributed by atoms with Crippen molar-refractivity contribution in [1.29, 1.82) is 5.26 Å². The van der Waals surface area contributed by atoms with Gasteiger partial charge in [-0.15, -0.1) is 0 Å². The van der Waals surface area contributed by atoms with Crippen molar-refractivity contribution in [1.82, 2.24) is 8.87 Å². The van der Waals surface area contributed by atoms with Gasteiger partial charge in [0.05, 0.1) is 23.3 Å². The lowest BCUT2D eigenvalue weighted by atomic mass is 9.96. The zero-order valence-electron chi connectivity index (χ0n) is 16.5. The van der Waals surface area contributed by atoms with Crippen LogP contribution in [0.25, 0.3) is 5.69 Å². The molecule has 0 spiro atoms. The van der Waals surface area contributed by atoms with Crippen LogP contribution in [0.5, 0.6) is 0 Å². The van der Waals surface area contributed by atoms with Gasteiger partial charge in [0.25, 0.3) is 0 Å². The molecule has 0 aliphatic heterocycles. The first kappa shape index (κ1) is 20.9. The van der Waals surface area contributed by atoms with Crippen molar-refractivity contribution in [3.63, 3.8) is 0 Å². The van der Waals surface area contributed by atoms with Crippen LogP contribution in [-0.4, -0.2) is 43.5 Å². The Bertz CT molecular complexity index is 1050. The molecule has 1 aliphatic rings. The number of esters is 1. The number of sulfonamides is 1. The summed E-state index contributed by atoms with van der Waals surface area (Å²) in [7, 11) is -0.771. The van der Waals surface area contributed by atoms with Crippen LogP contribution in [-0.2, 0) is 14.8 Å². The summed E-state index contributed by atoms with van der Waals surface area (Å²) in [6.45, 7) is 0. The fraction of sp³-hybridized carbons (Fsp3) is 0.400. The Balaban J connectivity index is 1.95. The quantitative estimate of drug-likeness (QED) is 0.749. The van der Waals surface area contributed by atoms with Gasteiger partial charge in [-0.1, -0.05) is 19.3 Å². The number of nitriles is 1. The van der Waals surface area contributed by atoms with Crippen LogP contribution in [0, 0.1) is 11.3 Å². The number of benzene rings is 1. The molecule has 0 radical (unpaired) electrons. The Morgan fingerprint density at radius 3 is 2.41 bits per heavy atom. The number of carbonyl (C=O) groups is 1. The predicted molar refractivity (Wildman–Crippen MR) is 108 cm³/mol. The van der Waals surface area contributed by atoms with E-state index in [0.717, 1.165) is 32.1 Å². The van der Waals surface area contributed by atoms with E-state index in [1.165, 1.54) is 34.3 Å². The zero-order valence-corrected chi connectivity index (χ0v) is 17.3. The monoisotopic (exact) mass is 416 g/mol. The van der Waals surface area contributed by atoms with Crippen molar-refractivity contribution in [2.75, 3.05) is 19.9 Å². The van der Waals surface area contributed by atoms with Crippen molar-refractivity contribution in [3.05, 3.63) is 41.7 Å². The second-order valence-electron chi connectivity index (χ2n) is 7.09. The average molecular weight is 417 g/mol. The molecule has 29 heavy (non-hydrogen) atoms. The van der Waals surface area contributed by atoms with Gasteiger partial charge in [0.2, 0.25) is 10.0 Å². The Kier molecular flexibility index (Phi) is 5.96. The number of nitrogens with two attached hydrogens (primary N) is 1.